The summed E-state index contributed by atoms with van der Waals surface area (Å²) >= 11 is 0. The van der Waals surface area contributed by atoms with Crippen LogP contribution in [-0.4, -0.2) is 48.9 Å². The summed E-state index contributed by atoms with van der Waals surface area (Å²) in [6, 6.07) is 6.04. The zero-order chi connectivity index (χ0) is 15.1. The van der Waals surface area contributed by atoms with E-state index in [0.717, 1.165) is 4.90 Å². The van der Waals surface area contributed by atoms with Crippen LogP contribution in [0.5, 0.6) is 5.75 Å². The second-order valence-corrected chi connectivity index (χ2v) is 5.08. The van der Waals surface area contributed by atoms with Gasteiger partial charge in [0.2, 0.25) is 0 Å². The number of benzene rings is 1. The fraction of sp³-hybridized carbons (Fsp3) is 0.500. The van der Waals surface area contributed by atoms with Gasteiger partial charge in [0, 0.05) is 13.1 Å². The SMILES string of the molecule is O=C1CC(N2CCOCC2)(C(F)(F)F)Oc2ccccc21. The average molecular weight is 301 g/mol. The van der Waals surface area contributed by atoms with Crippen LogP contribution >= 0.6 is 0 Å². The molecule has 0 amide bonds. The molecule has 0 aliphatic carbocycles. The fourth-order valence-electron chi connectivity index (χ4n) is 2.76. The van der Waals surface area contributed by atoms with E-state index in [4.69, 9.17) is 9.47 Å². The van der Waals surface area contributed by atoms with Gasteiger partial charge in [-0.2, -0.15) is 13.2 Å². The summed E-state index contributed by atoms with van der Waals surface area (Å²) in [4.78, 5) is 13.3. The second kappa shape index (κ2) is 4.99. The maximum absolute atomic E-state index is 13.7. The van der Waals surface area contributed by atoms with Crippen molar-refractivity contribution in [3.8, 4) is 5.75 Å². The minimum Gasteiger partial charge on any atom is -0.462 e. The molecular weight excluding hydrogens is 287 g/mol. The number of alkyl halides is 3. The lowest BCUT2D eigenvalue weighted by molar-refractivity contribution is -0.309. The molecule has 0 aromatic heterocycles. The molecule has 1 unspecified atom stereocenters. The van der Waals surface area contributed by atoms with E-state index in [9.17, 15) is 18.0 Å². The van der Waals surface area contributed by atoms with E-state index < -0.39 is 24.1 Å². The van der Waals surface area contributed by atoms with Crippen LogP contribution in [0.1, 0.15) is 16.8 Å². The molecule has 7 heteroatoms. The van der Waals surface area contributed by atoms with Gasteiger partial charge in [-0.1, -0.05) is 12.1 Å². The van der Waals surface area contributed by atoms with E-state index in [-0.39, 0.29) is 37.6 Å². The van der Waals surface area contributed by atoms with Gasteiger partial charge in [0.15, 0.2) is 5.78 Å². The van der Waals surface area contributed by atoms with Gasteiger partial charge >= 0.3 is 6.18 Å². The molecule has 4 nitrogen and oxygen atoms in total. The van der Waals surface area contributed by atoms with E-state index in [0.29, 0.717) is 0 Å². The average Bonchev–Trinajstić information content (AvgIpc) is 2.47. The summed E-state index contributed by atoms with van der Waals surface area (Å²) in [5.41, 5.74) is -2.40. The van der Waals surface area contributed by atoms with Crippen molar-refractivity contribution in [2.45, 2.75) is 18.3 Å². The minimum atomic E-state index is -4.67. The van der Waals surface area contributed by atoms with Crippen molar-refractivity contribution in [1.82, 2.24) is 4.90 Å². The molecule has 2 aliphatic rings. The van der Waals surface area contributed by atoms with Crippen LogP contribution in [0.15, 0.2) is 24.3 Å². The first kappa shape index (κ1) is 14.3. The Morgan fingerprint density at radius 3 is 2.48 bits per heavy atom. The lowest BCUT2D eigenvalue weighted by atomic mass is 9.94. The van der Waals surface area contributed by atoms with Crippen molar-refractivity contribution in [3.63, 3.8) is 0 Å². The summed E-state index contributed by atoms with van der Waals surface area (Å²) in [7, 11) is 0. The van der Waals surface area contributed by atoms with E-state index in [2.05, 4.69) is 0 Å². The predicted molar refractivity (Wildman–Crippen MR) is 67.2 cm³/mol. The first-order chi connectivity index (χ1) is 9.94. The highest BCUT2D eigenvalue weighted by atomic mass is 19.4. The van der Waals surface area contributed by atoms with Crippen molar-refractivity contribution in [3.05, 3.63) is 29.8 Å². The van der Waals surface area contributed by atoms with Crippen LogP contribution in [0.2, 0.25) is 0 Å². The van der Waals surface area contributed by atoms with Gasteiger partial charge in [0.25, 0.3) is 5.72 Å². The number of halogens is 3. The maximum Gasteiger partial charge on any atom is 0.443 e. The normalized spacial score (nSPS) is 27.1. The first-order valence-electron chi connectivity index (χ1n) is 6.65. The zero-order valence-electron chi connectivity index (χ0n) is 11.2. The summed E-state index contributed by atoms with van der Waals surface area (Å²) in [5.74, 6) is -0.571. The Labute approximate surface area is 119 Å². The number of ether oxygens (including phenoxy) is 2. The number of hydrogen-bond acceptors (Lipinski definition) is 4. The number of hydrogen-bond donors (Lipinski definition) is 0. The highest BCUT2D eigenvalue weighted by molar-refractivity contribution is 6.00. The Morgan fingerprint density at radius 2 is 1.81 bits per heavy atom. The number of fused-ring (bicyclic) bond motifs is 1. The summed E-state index contributed by atoms with van der Waals surface area (Å²) < 4.78 is 51.5. The molecule has 1 fully saturated rings. The van der Waals surface area contributed by atoms with Crippen molar-refractivity contribution in [2.75, 3.05) is 26.3 Å². The van der Waals surface area contributed by atoms with Crippen molar-refractivity contribution >= 4 is 5.78 Å². The predicted octanol–water partition coefficient (Wildman–Crippen LogP) is 2.24. The largest absolute Gasteiger partial charge is 0.462 e. The van der Waals surface area contributed by atoms with Crippen LogP contribution in [-0.2, 0) is 4.74 Å². The van der Waals surface area contributed by atoms with Gasteiger partial charge in [-0.15, -0.1) is 0 Å². The molecular formula is C14H14F3NO3. The van der Waals surface area contributed by atoms with E-state index in [1.54, 1.807) is 12.1 Å². The molecule has 1 atom stereocenters. The molecule has 0 radical (unpaired) electrons. The lowest BCUT2D eigenvalue weighted by Crippen LogP contribution is -2.67. The Balaban J connectivity index is 2.04. The highest BCUT2D eigenvalue weighted by Crippen LogP contribution is 2.45. The van der Waals surface area contributed by atoms with Gasteiger partial charge in [-0.05, 0) is 12.1 Å². The number of carbonyl (C=O) groups is 1. The van der Waals surface area contributed by atoms with Gasteiger partial charge in [0.1, 0.15) is 5.75 Å². The quantitative estimate of drug-likeness (QED) is 0.797. The van der Waals surface area contributed by atoms with Crippen LogP contribution in [0.25, 0.3) is 0 Å². The van der Waals surface area contributed by atoms with Crippen LogP contribution < -0.4 is 4.74 Å². The Morgan fingerprint density at radius 1 is 1.14 bits per heavy atom. The zero-order valence-corrected chi connectivity index (χ0v) is 11.2. The van der Waals surface area contributed by atoms with Crippen molar-refractivity contribution < 1.29 is 27.4 Å². The van der Waals surface area contributed by atoms with E-state index in [1.165, 1.54) is 12.1 Å². The molecule has 1 aromatic rings. The summed E-state index contributed by atoms with van der Waals surface area (Å²) in [5, 5.41) is 0. The number of para-hydroxylation sites is 1. The Bertz CT molecular complexity index is 555. The smallest absolute Gasteiger partial charge is 0.443 e. The molecule has 2 aliphatic heterocycles. The maximum atomic E-state index is 13.7. The molecule has 21 heavy (non-hydrogen) atoms. The van der Waals surface area contributed by atoms with Crippen molar-refractivity contribution in [2.24, 2.45) is 0 Å². The molecule has 0 bridgehead atoms. The third-order valence-electron chi connectivity index (χ3n) is 3.83. The number of Topliss-reactive ketones (excluding diaryl/α,β-unsaturated/α-hetero) is 1. The van der Waals surface area contributed by atoms with Crippen LogP contribution in [0.3, 0.4) is 0 Å². The van der Waals surface area contributed by atoms with E-state index >= 15 is 0 Å². The van der Waals surface area contributed by atoms with E-state index in [1.807, 2.05) is 0 Å². The molecule has 3 rings (SSSR count). The second-order valence-electron chi connectivity index (χ2n) is 5.08. The summed E-state index contributed by atoms with van der Waals surface area (Å²) in [6.45, 7) is 0.540. The molecule has 0 saturated carbocycles. The molecule has 2 heterocycles. The fourth-order valence-corrected chi connectivity index (χ4v) is 2.76. The number of rotatable bonds is 1. The van der Waals surface area contributed by atoms with Crippen LogP contribution in [0.4, 0.5) is 13.2 Å². The summed E-state index contributed by atoms with van der Waals surface area (Å²) in [6.07, 6.45) is -5.40. The number of ketones is 1. The van der Waals surface area contributed by atoms with Gasteiger partial charge in [0.05, 0.1) is 25.2 Å². The molecule has 0 spiro atoms. The molecule has 0 N–H and O–H groups in total. The number of nitrogens with zero attached hydrogens (tertiary/aromatic N) is 1. The topological polar surface area (TPSA) is 38.8 Å². The standard InChI is InChI=1S/C14H14F3NO3/c15-14(16,17)13(18-5-7-20-8-6-18)9-11(19)10-3-1-2-4-12(10)21-13/h1-4H,5-9H2. The van der Waals surface area contributed by atoms with Gasteiger partial charge in [-0.3, -0.25) is 9.69 Å². The Hall–Kier alpha value is -1.60. The molecule has 1 aromatic carbocycles. The lowest BCUT2D eigenvalue weighted by Gasteiger charge is -2.47. The minimum absolute atomic E-state index is 0.0161. The molecule has 1 saturated heterocycles. The monoisotopic (exact) mass is 301 g/mol. The number of morpholine rings is 1. The third-order valence-corrected chi connectivity index (χ3v) is 3.83. The first-order valence-corrected chi connectivity index (χ1v) is 6.65. The van der Waals surface area contributed by atoms with Crippen molar-refractivity contribution in [1.29, 1.82) is 0 Å². The Kier molecular flexibility index (Phi) is 3.41. The highest BCUT2D eigenvalue weighted by Gasteiger charge is 2.64. The third kappa shape index (κ3) is 2.30. The van der Waals surface area contributed by atoms with Gasteiger partial charge in [-0.25, -0.2) is 0 Å². The molecule has 114 valence electrons. The van der Waals surface area contributed by atoms with Gasteiger partial charge < -0.3 is 9.47 Å². The number of carbonyl (C=O) groups excluding carboxylic acids is 1. The van der Waals surface area contributed by atoms with Crippen LogP contribution in [0, 0.1) is 0 Å².